The van der Waals surface area contributed by atoms with Crippen molar-refractivity contribution in [1.29, 1.82) is 0 Å². The zero-order valence-corrected chi connectivity index (χ0v) is 17.1. The van der Waals surface area contributed by atoms with E-state index in [1.807, 2.05) is 0 Å². The van der Waals surface area contributed by atoms with Gasteiger partial charge in [0, 0.05) is 11.5 Å². The van der Waals surface area contributed by atoms with Gasteiger partial charge in [-0.25, -0.2) is 4.79 Å². The highest BCUT2D eigenvalue weighted by atomic mass is 16.5. The highest BCUT2D eigenvalue weighted by molar-refractivity contribution is 5.85. The van der Waals surface area contributed by atoms with Crippen LogP contribution < -0.4 is 0 Å². The fraction of sp³-hybridized carbons (Fsp3) is 0.870. The molecule has 5 nitrogen and oxygen atoms in total. The Balaban J connectivity index is 1.49. The van der Waals surface area contributed by atoms with Gasteiger partial charge < -0.3 is 20.1 Å². The number of aliphatic hydroxyl groups excluding tert-OH is 2. The van der Waals surface area contributed by atoms with Crippen molar-refractivity contribution in [3.05, 3.63) is 11.6 Å². The van der Waals surface area contributed by atoms with Crippen molar-refractivity contribution >= 4 is 5.97 Å². The Bertz CT molecular complexity index is 718. The highest BCUT2D eigenvalue weighted by Gasteiger charge is 2.68. The monoisotopic (exact) mass is 390 g/mol. The van der Waals surface area contributed by atoms with E-state index in [1.54, 1.807) is 6.08 Å². The minimum atomic E-state index is -0.807. The molecule has 28 heavy (non-hydrogen) atoms. The number of hydrogen-bond acceptors (Lipinski definition) is 5. The van der Waals surface area contributed by atoms with Gasteiger partial charge in [-0.05, 0) is 86.0 Å². The summed E-state index contributed by atoms with van der Waals surface area (Å²) < 4.78 is 5.18. The summed E-state index contributed by atoms with van der Waals surface area (Å²) in [6, 6.07) is 0. The Labute approximate surface area is 167 Å². The molecule has 4 aliphatic carbocycles. The van der Waals surface area contributed by atoms with Crippen molar-refractivity contribution in [2.24, 2.45) is 34.5 Å². The van der Waals surface area contributed by atoms with Crippen LogP contribution in [-0.4, -0.2) is 45.7 Å². The first-order valence-electron chi connectivity index (χ1n) is 11.1. The SMILES string of the molecule is C[C@]12CC[C@H](O)C[C@H]1C(O)CC1C2CC[C@]2(C)[C@@H](C3=CC(=O)OC3)CC[C@]12O. The van der Waals surface area contributed by atoms with Gasteiger partial charge >= 0.3 is 5.97 Å². The molecule has 5 rings (SSSR count). The van der Waals surface area contributed by atoms with E-state index >= 15 is 0 Å². The molecule has 3 unspecified atom stereocenters. The molecule has 0 saturated heterocycles. The first-order valence-corrected chi connectivity index (χ1v) is 11.1. The smallest absolute Gasteiger partial charge is 0.331 e. The lowest BCUT2D eigenvalue weighted by atomic mass is 9.42. The van der Waals surface area contributed by atoms with E-state index in [4.69, 9.17) is 4.74 Å². The number of esters is 1. The first kappa shape index (κ1) is 19.1. The van der Waals surface area contributed by atoms with Crippen LogP contribution in [0.4, 0.5) is 0 Å². The second-order valence-corrected chi connectivity index (χ2v) is 10.9. The van der Waals surface area contributed by atoms with E-state index in [2.05, 4.69) is 13.8 Å². The molecule has 0 aromatic carbocycles. The zero-order valence-electron chi connectivity index (χ0n) is 17.1. The van der Waals surface area contributed by atoms with Gasteiger partial charge in [-0.1, -0.05) is 13.8 Å². The molecule has 0 aromatic rings. The van der Waals surface area contributed by atoms with Gasteiger partial charge in [-0.3, -0.25) is 0 Å². The van der Waals surface area contributed by atoms with Crippen LogP contribution in [0.3, 0.4) is 0 Å². The minimum Gasteiger partial charge on any atom is -0.458 e. The lowest BCUT2D eigenvalue weighted by molar-refractivity contribution is -0.230. The van der Waals surface area contributed by atoms with E-state index in [1.165, 1.54) is 0 Å². The molecule has 0 aromatic heterocycles. The van der Waals surface area contributed by atoms with Crippen LogP contribution in [0.15, 0.2) is 11.6 Å². The lowest BCUT2D eigenvalue weighted by Crippen LogP contribution is -2.64. The van der Waals surface area contributed by atoms with Crippen molar-refractivity contribution in [3.8, 4) is 0 Å². The normalized spacial score (nSPS) is 55.8. The number of hydrogen-bond donors (Lipinski definition) is 3. The van der Waals surface area contributed by atoms with Gasteiger partial charge in [0.05, 0.1) is 17.8 Å². The van der Waals surface area contributed by atoms with E-state index in [9.17, 15) is 20.1 Å². The average molecular weight is 391 g/mol. The summed E-state index contributed by atoms with van der Waals surface area (Å²) in [7, 11) is 0. The number of fused-ring (bicyclic) bond motifs is 5. The van der Waals surface area contributed by atoms with Crippen LogP contribution in [0.5, 0.6) is 0 Å². The molecule has 156 valence electrons. The van der Waals surface area contributed by atoms with Crippen molar-refractivity contribution in [2.45, 2.75) is 83.0 Å². The Hall–Kier alpha value is -0.910. The maximum Gasteiger partial charge on any atom is 0.331 e. The van der Waals surface area contributed by atoms with Crippen LogP contribution in [-0.2, 0) is 9.53 Å². The third kappa shape index (κ3) is 2.33. The van der Waals surface area contributed by atoms with Gasteiger partial charge in [0.2, 0.25) is 0 Å². The molecular weight excluding hydrogens is 356 g/mol. The second-order valence-electron chi connectivity index (χ2n) is 10.9. The van der Waals surface area contributed by atoms with Crippen molar-refractivity contribution < 1.29 is 24.9 Å². The second kappa shape index (κ2) is 6.05. The van der Waals surface area contributed by atoms with Crippen molar-refractivity contribution in [2.75, 3.05) is 6.61 Å². The van der Waals surface area contributed by atoms with Crippen LogP contribution in [0, 0.1) is 34.5 Å². The number of cyclic esters (lactones) is 1. The fourth-order valence-corrected chi connectivity index (χ4v) is 8.42. The highest BCUT2D eigenvalue weighted by Crippen LogP contribution is 2.69. The van der Waals surface area contributed by atoms with Crippen molar-refractivity contribution in [3.63, 3.8) is 0 Å². The van der Waals surface area contributed by atoms with Gasteiger partial charge in [0.15, 0.2) is 0 Å². The van der Waals surface area contributed by atoms with Crippen LogP contribution in [0.25, 0.3) is 0 Å². The molecular formula is C23H34O5. The Kier molecular flexibility index (Phi) is 4.12. The topological polar surface area (TPSA) is 87.0 Å². The molecule has 0 radical (unpaired) electrons. The predicted octanol–water partition coefficient (Wildman–Crippen LogP) is 2.58. The van der Waals surface area contributed by atoms with Crippen LogP contribution in [0.1, 0.15) is 65.2 Å². The Morgan fingerprint density at radius 3 is 2.50 bits per heavy atom. The summed E-state index contributed by atoms with van der Waals surface area (Å²) in [5, 5.41) is 33.4. The van der Waals surface area contributed by atoms with E-state index in [-0.39, 0.29) is 40.7 Å². The molecule has 5 heteroatoms. The number of rotatable bonds is 1. The molecule has 9 atom stereocenters. The van der Waals surface area contributed by atoms with Gasteiger partial charge in [-0.15, -0.1) is 0 Å². The van der Waals surface area contributed by atoms with Crippen molar-refractivity contribution in [1.82, 2.24) is 0 Å². The number of aliphatic hydroxyl groups is 3. The Morgan fingerprint density at radius 2 is 1.79 bits per heavy atom. The average Bonchev–Trinajstić information content (AvgIpc) is 3.18. The molecule has 3 N–H and O–H groups in total. The Morgan fingerprint density at radius 1 is 1.00 bits per heavy atom. The number of carbonyl (C=O) groups excluding carboxylic acids is 1. The molecule has 1 aliphatic heterocycles. The molecule has 0 spiro atoms. The van der Waals surface area contributed by atoms with Gasteiger partial charge in [0.25, 0.3) is 0 Å². The maximum atomic E-state index is 12.1. The number of ether oxygens (including phenoxy) is 1. The predicted molar refractivity (Wildman–Crippen MR) is 103 cm³/mol. The molecule has 4 saturated carbocycles. The molecule has 4 fully saturated rings. The molecule has 1 heterocycles. The molecule has 0 amide bonds. The summed E-state index contributed by atoms with van der Waals surface area (Å²) in [6.45, 7) is 4.87. The zero-order chi connectivity index (χ0) is 19.9. The van der Waals surface area contributed by atoms with E-state index in [0.717, 1.165) is 44.1 Å². The standard InChI is InChI=1S/C23H34O5/c1-21-6-3-14(24)10-18(21)19(25)11-17-16(21)4-7-22(2)15(5-8-23(17,22)27)13-9-20(26)28-12-13/h9,14-19,24-25,27H,3-8,10-12H2,1-2H3/t14-,15+,16?,17?,18-,19?,21+,22+,23-/m0/s1. The van der Waals surface area contributed by atoms with E-state index < -0.39 is 11.7 Å². The van der Waals surface area contributed by atoms with Gasteiger partial charge in [-0.2, -0.15) is 0 Å². The van der Waals surface area contributed by atoms with E-state index in [0.29, 0.717) is 25.4 Å². The largest absolute Gasteiger partial charge is 0.458 e. The maximum absolute atomic E-state index is 12.1. The quantitative estimate of drug-likeness (QED) is 0.599. The minimum absolute atomic E-state index is 0.0115. The third-order valence-corrected chi connectivity index (χ3v) is 9.97. The summed E-state index contributed by atoms with van der Waals surface area (Å²) in [6.07, 6.45) is 7.55. The van der Waals surface area contributed by atoms with Crippen LogP contribution >= 0.6 is 0 Å². The summed E-state index contributed by atoms with van der Waals surface area (Å²) in [5.41, 5.74) is -0.0471. The number of carbonyl (C=O) groups is 1. The summed E-state index contributed by atoms with van der Waals surface area (Å²) in [4.78, 5) is 11.6. The lowest BCUT2D eigenvalue weighted by Gasteiger charge is -2.64. The third-order valence-electron chi connectivity index (χ3n) is 9.97. The summed E-state index contributed by atoms with van der Waals surface area (Å²) in [5.74, 6) is 0.529. The van der Waals surface area contributed by atoms with Gasteiger partial charge in [0.1, 0.15) is 6.61 Å². The summed E-state index contributed by atoms with van der Waals surface area (Å²) >= 11 is 0. The van der Waals surface area contributed by atoms with Crippen LogP contribution in [0.2, 0.25) is 0 Å². The molecule has 0 bridgehead atoms. The fourth-order valence-electron chi connectivity index (χ4n) is 8.42. The first-order chi connectivity index (χ1) is 13.2. The molecule has 5 aliphatic rings.